The van der Waals surface area contributed by atoms with E-state index < -0.39 is 12.1 Å². The summed E-state index contributed by atoms with van der Waals surface area (Å²) in [6.45, 7) is 10.0. The number of alkyl carbamates (subject to hydrolysis) is 1. The van der Waals surface area contributed by atoms with Crippen molar-refractivity contribution in [3.8, 4) is 23.1 Å². The number of rotatable bonds is 14. The summed E-state index contributed by atoms with van der Waals surface area (Å²) >= 11 is 0. The molecule has 0 fully saturated rings. The van der Waals surface area contributed by atoms with Crippen LogP contribution in [0.2, 0.25) is 0 Å². The minimum Gasteiger partial charge on any atom is -0.453 e. The third-order valence-electron chi connectivity index (χ3n) is 7.82. The zero-order valence-electron chi connectivity index (χ0n) is 28.6. The maximum Gasteiger partial charge on any atom is 0.407 e. The summed E-state index contributed by atoms with van der Waals surface area (Å²) in [6.07, 6.45) is 2.65. The third kappa shape index (κ3) is 9.23. The van der Waals surface area contributed by atoms with Gasteiger partial charge in [0, 0.05) is 29.8 Å². The van der Waals surface area contributed by atoms with Crippen molar-refractivity contribution in [2.75, 3.05) is 33.8 Å². The molecule has 0 spiro atoms. The first-order chi connectivity index (χ1) is 23.2. The summed E-state index contributed by atoms with van der Waals surface area (Å²) in [7, 11) is 3.05. The molecule has 12 heteroatoms. The molecule has 4 aromatic rings. The Morgan fingerprint density at radius 3 is 2.31 bits per heavy atom. The smallest absolute Gasteiger partial charge is 0.407 e. The van der Waals surface area contributed by atoms with E-state index in [0.717, 1.165) is 52.0 Å². The number of amides is 3. The first-order valence-corrected chi connectivity index (χ1v) is 16.4. The number of hydrogen-bond acceptors (Lipinski definition) is 7. The van der Waals surface area contributed by atoms with Crippen LogP contribution in [-0.2, 0) is 27.4 Å². The van der Waals surface area contributed by atoms with Gasteiger partial charge in [0.2, 0.25) is 11.8 Å². The normalized spacial score (nSPS) is 11.6. The first-order valence-electron chi connectivity index (χ1n) is 16.4. The van der Waals surface area contributed by atoms with Crippen LogP contribution in [0.5, 0.6) is 0 Å². The molecule has 0 aliphatic carbocycles. The summed E-state index contributed by atoms with van der Waals surface area (Å²) in [5.41, 5.74) is 5.91. The van der Waals surface area contributed by atoms with Crippen molar-refractivity contribution in [2.45, 2.75) is 59.7 Å². The first kappa shape index (κ1) is 35.7. The van der Waals surface area contributed by atoms with Gasteiger partial charge in [-0.3, -0.25) is 9.59 Å². The topological polar surface area (TPSA) is 148 Å². The molecule has 2 heterocycles. The molecular weight excluding hydrogens is 608 g/mol. The molecule has 12 nitrogen and oxygen atoms in total. The van der Waals surface area contributed by atoms with Crippen molar-refractivity contribution in [2.24, 2.45) is 5.92 Å². The van der Waals surface area contributed by atoms with Gasteiger partial charge in [-0.2, -0.15) is 0 Å². The third-order valence-corrected chi connectivity index (χ3v) is 7.82. The maximum absolute atomic E-state index is 13.4. The van der Waals surface area contributed by atoms with Gasteiger partial charge < -0.3 is 35.1 Å². The molecule has 0 bridgehead atoms. The number of H-pyrrole nitrogens is 2. The zero-order valence-corrected chi connectivity index (χ0v) is 28.6. The fraction of sp³-hybridized carbons (Fsp3) is 0.417. The number of nitrogens with zero attached hydrogens (tertiary/aromatic N) is 4. The molecule has 0 aliphatic heterocycles. The van der Waals surface area contributed by atoms with E-state index in [1.165, 1.54) is 7.11 Å². The van der Waals surface area contributed by atoms with Gasteiger partial charge in [0.15, 0.2) is 0 Å². The predicted octanol–water partition coefficient (Wildman–Crippen LogP) is 4.43. The number of aromatic amines is 2. The molecule has 3 amide bonds. The molecule has 254 valence electrons. The van der Waals surface area contributed by atoms with Gasteiger partial charge in [0.05, 0.1) is 55.5 Å². The van der Waals surface area contributed by atoms with Crippen molar-refractivity contribution in [1.29, 1.82) is 0 Å². The van der Waals surface area contributed by atoms with Crippen molar-refractivity contribution in [3.63, 3.8) is 0 Å². The van der Waals surface area contributed by atoms with Crippen LogP contribution in [0.1, 0.15) is 63.2 Å². The number of hydrogen-bond donors (Lipinski definition) is 4. The number of fused-ring (bicyclic) bond motifs is 1. The van der Waals surface area contributed by atoms with Crippen LogP contribution in [0.15, 0.2) is 48.8 Å². The van der Waals surface area contributed by atoms with E-state index in [-0.39, 0.29) is 24.3 Å². The molecule has 0 radical (unpaired) electrons. The standard InChI is InChI=1S/C36H46N8O4/c1-7-17-43(32(45)20-37-5)21-30-34(39-23-38-30)27-14-11-25(12-15-27)9-10-26-13-16-28-29(19-26)41-31(40-28)22-44(18-8-2)35(46)33(24(3)4)42-36(47)48-6/h11-16,19,23-24,33,37H,7-8,17-18,20-22H2,1-6H3,(H,38,39)(H,40,41)(H,42,47). The molecule has 2 aromatic carbocycles. The molecule has 1 unspecified atom stereocenters. The molecule has 4 rings (SSSR count). The Balaban J connectivity index is 1.46. The van der Waals surface area contributed by atoms with Crippen molar-refractivity contribution < 1.29 is 19.1 Å². The Hall–Kier alpha value is -5.15. The summed E-state index contributed by atoms with van der Waals surface area (Å²) in [5, 5.41) is 5.60. The van der Waals surface area contributed by atoms with E-state index in [1.807, 2.05) is 68.1 Å². The molecule has 48 heavy (non-hydrogen) atoms. The quantitative estimate of drug-likeness (QED) is 0.147. The summed E-state index contributed by atoms with van der Waals surface area (Å²) in [4.78, 5) is 57.2. The van der Waals surface area contributed by atoms with E-state index in [0.29, 0.717) is 32.0 Å². The van der Waals surface area contributed by atoms with E-state index in [4.69, 9.17) is 9.72 Å². The Kier molecular flexibility index (Phi) is 12.7. The number of imidazole rings is 2. The van der Waals surface area contributed by atoms with E-state index in [9.17, 15) is 14.4 Å². The van der Waals surface area contributed by atoms with Crippen molar-refractivity contribution in [3.05, 3.63) is 71.4 Å². The highest BCUT2D eigenvalue weighted by molar-refractivity contribution is 5.86. The lowest BCUT2D eigenvalue weighted by Crippen LogP contribution is -2.51. The van der Waals surface area contributed by atoms with Crippen molar-refractivity contribution >= 4 is 28.9 Å². The van der Waals surface area contributed by atoms with E-state index >= 15 is 0 Å². The fourth-order valence-corrected chi connectivity index (χ4v) is 5.39. The summed E-state index contributed by atoms with van der Waals surface area (Å²) < 4.78 is 4.73. The number of carbonyl (C=O) groups is 3. The van der Waals surface area contributed by atoms with Crippen LogP contribution >= 0.6 is 0 Å². The van der Waals surface area contributed by atoms with Crippen LogP contribution in [0.25, 0.3) is 22.3 Å². The molecule has 4 N–H and O–H groups in total. The van der Waals surface area contributed by atoms with E-state index in [1.54, 1.807) is 18.3 Å². The summed E-state index contributed by atoms with van der Waals surface area (Å²) in [6, 6.07) is 13.0. The van der Waals surface area contributed by atoms with Gasteiger partial charge in [0.1, 0.15) is 11.9 Å². The second-order valence-corrected chi connectivity index (χ2v) is 11.9. The Morgan fingerprint density at radius 1 is 0.958 bits per heavy atom. The van der Waals surface area contributed by atoms with Crippen LogP contribution in [0.3, 0.4) is 0 Å². The molecule has 1 atom stereocenters. The fourth-order valence-electron chi connectivity index (χ4n) is 5.39. The number of methoxy groups -OCH3 is 1. The highest BCUT2D eigenvalue weighted by atomic mass is 16.5. The van der Waals surface area contributed by atoms with Crippen LogP contribution in [0, 0.1) is 17.8 Å². The molecule has 0 aliphatic rings. The van der Waals surface area contributed by atoms with Gasteiger partial charge in [-0.05, 0) is 56.1 Å². The SMILES string of the molecule is CCCN(Cc1[nH]cnc1-c1ccc(C#Cc2ccc3nc(CN(CCC)C(=O)C(NC(=O)OC)C(C)C)[nH]c3c2)cc1)C(=O)CNC. The second kappa shape index (κ2) is 17.1. The minimum atomic E-state index is -0.708. The number of likely N-dealkylation sites (N-methyl/N-ethyl adjacent to an activating group) is 1. The van der Waals surface area contributed by atoms with Gasteiger partial charge in [0.25, 0.3) is 0 Å². The van der Waals surface area contributed by atoms with Gasteiger partial charge in [-0.1, -0.05) is 51.7 Å². The average molecular weight is 655 g/mol. The molecule has 0 saturated heterocycles. The number of carbonyl (C=O) groups excluding carboxylic acids is 3. The Bertz CT molecular complexity index is 1750. The maximum atomic E-state index is 13.4. The number of aromatic nitrogens is 4. The number of ether oxygens (including phenoxy) is 1. The van der Waals surface area contributed by atoms with Gasteiger partial charge in [-0.15, -0.1) is 0 Å². The Morgan fingerprint density at radius 2 is 1.65 bits per heavy atom. The zero-order chi connectivity index (χ0) is 34.6. The van der Waals surface area contributed by atoms with Crippen molar-refractivity contribution in [1.82, 2.24) is 40.4 Å². The largest absolute Gasteiger partial charge is 0.453 e. The molecule has 2 aromatic heterocycles. The highest BCUT2D eigenvalue weighted by Crippen LogP contribution is 2.23. The Labute approximate surface area is 282 Å². The van der Waals surface area contributed by atoms with Crippen LogP contribution in [0.4, 0.5) is 4.79 Å². The lowest BCUT2D eigenvalue weighted by atomic mass is 10.0. The number of nitrogens with one attached hydrogen (secondary N) is 4. The summed E-state index contributed by atoms with van der Waals surface area (Å²) in [5.74, 6) is 6.87. The highest BCUT2D eigenvalue weighted by Gasteiger charge is 2.29. The molecular formula is C36H46N8O4. The lowest BCUT2D eigenvalue weighted by molar-refractivity contribution is -0.135. The van der Waals surface area contributed by atoms with Crippen LogP contribution in [-0.4, -0.2) is 87.5 Å². The molecule has 0 saturated carbocycles. The predicted molar refractivity (Wildman–Crippen MR) is 186 cm³/mol. The second-order valence-electron chi connectivity index (χ2n) is 11.9. The van der Waals surface area contributed by atoms with Gasteiger partial charge >= 0.3 is 6.09 Å². The minimum absolute atomic E-state index is 0.0495. The average Bonchev–Trinajstić information content (AvgIpc) is 3.71. The number of benzene rings is 2. The lowest BCUT2D eigenvalue weighted by Gasteiger charge is -2.28. The van der Waals surface area contributed by atoms with Crippen LogP contribution < -0.4 is 10.6 Å². The monoisotopic (exact) mass is 654 g/mol. The van der Waals surface area contributed by atoms with Gasteiger partial charge in [-0.25, -0.2) is 14.8 Å². The van der Waals surface area contributed by atoms with E-state index in [2.05, 4.69) is 44.4 Å².